The molecule has 1 aliphatic heterocycles. The molecular weight excluding hydrogens is 204 g/mol. The van der Waals surface area contributed by atoms with Gasteiger partial charge in [-0.1, -0.05) is 0 Å². The molecule has 2 heterocycles. The molecule has 0 fully saturated rings. The molecule has 0 saturated heterocycles. The Morgan fingerprint density at radius 3 is 2.50 bits per heavy atom. The summed E-state index contributed by atoms with van der Waals surface area (Å²) in [6.07, 6.45) is 6.42. The van der Waals surface area contributed by atoms with E-state index in [1.807, 2.05) is 13.8 Å². The molecule has 0 saturated carbocycles. The number of aliphatic hydroxyl groups excluding tert-OH is 1. The van der Waals surface area contributed by atoms with Crippen molar-refractivity contribution in [3.8, 4) is 0 Å². The van der Waals surface area contributed by atoms with E-state index in [1.165, 1.54) is 6.07 Å². The zero-order chi connectivity index (χ0) is 12.0. The summed E-state index contributed by atoms with van der Waals surface area (Å²) >= 11 is 0. The molecule has 0 bridgehead atoms. The van der Waals surface area contributed by atoms with Gasteiger partial charge in [-0.05, 0) is 32.2 Å². The molecular formula is C12H16N2O2. The first-order valence-electron chi connectivity index (χ1n) is 5.03. The van der Waals surface area contributed by atoms with Crippen LogP contribution < -0.4 is 10.7 Å². The summed E-state index contributed by atoms with van der Waals surface area (Å²) in [6.45, 7) is 3.76. The van der Waals surface area contributed by atoms with Crippen LogP contribution in [-0.2, 0) is 0 Å². The highest BCUT2D eigenvalue weighted by molar-refractivity contribution is 5.14. The quantitative estimate of drug-likeness (QED) is 0.612. The largest absolute Gasteiger partial charge is 0.385 e. The van der Waals surface area contributed by atoms with Crippen molar-refractivity contribution in [3.05, 3.63) is 58.3 Å². The molecule has 0 spiro atoms. The number of aryl methyl sites for hydroxylation is 1. The first-order valence-corrected chi connectivity index (χ1v) is 5.03. The van der Waals surface area contributed by atoms with Gasteiger partial charge in [-0.2, -0.15) is 0 Å². The van der Waals surface area contributed by atoms with Crippen molar-refractivity contribution < 1.29 is 5.11 Å². The van der Waals surface area contributed by atoms with E-state index < -0.39 is 6.10 Å². The molecule has 2 rings (SSSR count). The number of H-pyrrole nitrogens is 1. The molecule has 1 aromatic heterocycles. The number of dihydropyridines is 1. The molecule has 3 N–H and O–H groups in total. The number of nitrogens with one attached hydrogen (secondary N) is 2. The fourth-order valence-corrected chi connectivity index (χ4v) is 1.20. The maximum absolute atomic E-state index is 10.5. The molecule has 0 amide bonds. The molecule has 0 radical (unpaired) electrons. The predicted molar refractivity (Wildman–Crippen MR) is 63.8 cm³/mol. The van der Waals surface area contributed by atoms with E-state index in [1.54, 1.807) is 30.6 Å². The monoisotopic (exact) mass is 220 g/mol. The third kappa shape index (κ3) is 4.61. The van der Waals surface area contributed by atoms with Crippen LogP contribution in [0.15, 0.2) is 47.2 Å². The molecule has 0 aliphatic carbocycles. The lowest BCUT2D eigenvalue weighted by atomic mass is 10.2. The number of hydrogen-bond acceptors (Lipinski definition) is 3. The molecule has 16 heavy (non-hydrogen) atoms. The van der Waals surface area contributed by atoms with E-state index in [4.69, 9.17) is 5.11 Å². The van der Waals surface area contributed by atoms with E-state index >= 15 is 0 Å². The predicted octanol–water partition coefficient (Wildman–Crippen LogP) is 1.05. The fourth-order valence-electron chi connectivity index (χ4n) is 1.20. The van der Waals surface area contributed by atoms with Crippen LogP contribution in [-0.4, -0.2) is 16.2 Å². The van der Waals surface area contributed by atoms with Crippen LogP contribution in [0.5, 0.6) is 0 Å². The van der Waals surface area contributed by atoms with Crippen molar-refractivity contribution in [2.24, 2.45) is 0 Å². The summed E-state index contributed by atoms with van der Waals surface area (Å²) in [5.74, 6) is 0. The maximum atomic E-state index is 10.5. The van der Waals surface area contributed by atoms with E-state index in [0.29, 0.717) is 0 Å². The SMILES string of the molecule is CC1=CC(O)C=CN1.Cc1cc(=O)cc[nH]1. The van der Waals surface area contributed by atoms with E-state index in [-0.39, 0.29) is 5.43 Å². The Hall–Kier alpha value is -1.81. The number of allylic oxidation sites excluding steroid dienone is 1. The van der Waals surface area contributed by atoms with Gasteiger partial charge in [0.1, 0.15) is 0 Å². The summed E-state index contributed by atoms with van der Waals surface area (Å²) in [5.41, 5.74) is 1.96. The van der Waals surface area contributed by atoms with Crippen LogP contribution in [0.3, 0.4) is 0 Å². The third-order valence-electron chi connectivity index (χ3n) is 1.94. The number of aromatic nitrogens is 1. The van der Waals surface area contributed by atoms with Gasteiger partial charge in [0.25, 0.3) is 0 Å². The normalized spacial score (nSPS) is 17.9. The minimum absolute atomic E-state index is 0.0567. The summed E-state index contributed by atoms with van der Waals surface area (Å²) in [5, 5.41) is 11.8. The summed E-state index contributed by atoms with van der Waals surface area (Å²) in [7, 11) is 0. The smallest absolute Gasteiger partial charge is 0.181 e. The van der Waals surface area contributed by atoms with Gasteiger partial charge in [0.2, 0.25) is 0 Å². The molecule has 4 heteroatoms. The Bertz CT molecular complexity index is 446. The summed E-state index contributed by atoms with van der Waals surface area (Å²) < 4.78 is 0. The van der Waals surface area contributed by atoms with Crippen molar-refractivity contribution in [2.45, 2.75) is 20.0 Å². The second kappa shape index (κ2) is 5.92. The zero-order valence-corrected chi connectivity index (χ0v) is 9.40. The van der Waals surface area contributed by atoms with E-state index in [9.17, 15) is 4.79 Å². The molecule has 1 aromatic rings. The Kier molecular flexibility index (Phi) is 4.54. The Morgan fingerprint density at radius 2 is 2.12 bits per heavy atom. The van der Waals surface area contributed by atoms with Gasteiger partial charge >= 0.3 is 0 Å². The maximum Gasteiger partial charge on any atom is 0.181 e. The number of pyridine rings is 1. The van der Waals surface area contributed by atoms with Gasteiger partial charge in [0.05, 0.1) is 6.10 Å². The molecule has 0 aromatic carbocycles. The van der Waals surface area contributed by atoms with Crippen LogP contribution in [0.2, 0.25) is 0 Å². The van der Waals surface area contributed by atoms with Gasteiger partial charge in [-0.15, -0.1) is 0 Å². The first kappa shape index (κ1) is 12.3. The molecule has 4 nitrogen and oxygen atoms in total. The highest BCUT2D eigenvalue weighted by Gasteiger charge is 1.97. The van der Waals surface area contributed by atoms with Gasteiger partial charge in [0, 0.05) is 29.7 Å². The lowest BCUT2D eigenvalue weighted by molar-refractivity contribution is 0.267. The fraction of sp³-hybridized carbons (Fsp3) is 0.250. The van der Waals surface area contributed by atoms with Crippen LogP contribution >= 0.6 is 0 Å². The van der Waals surface area contributed by atoms with Crippen molar-refractivity contribution >= 4 is 0 Å². The van der Waals surface area contributed by atoms with Crippen LogP contribution in [0.1, 0.15) is 12.6 Å². The Morgan fingerprint density at radius 1 is 1.38 bits per heavy atom. The average molecular weight is 220 g/mol. The van der Waals surface area contributed by atoms with E-state index in [0.717, 1.165) is 11.4 Å². The Balaban J connectivity index is 0.000000160. The van der Waals surface area contributed by atoms with Crippen LogP contribution in [0, 0.1) is 6.92 Å². The van der Waals surface area contributed by atoms with E-state index in [2.05, 4.69) is 10.3 Å². The molecule has 1 aliphatic rings. The number of rotatable bonds is 0. The number of aromatic amines is 1. The van der Waals surface area contributed by atoms with Gasteiger partial charge in [-0.3, -0.25) is 4.79 Å². The second-order valence-electron chi connectivity index (χ2n) is 3.55. The highest BCUT2D eigenvalue weighted by Crippen LogP contribution is 1.98. The van der Waals surface area contributed by atoms with Gasteiger partial charge < -0.3 is 15.4 Å². The highest BCUT2D eigenvalue weighted by atomic mass is 16.3. The van der Waals surface area contributed by atoms with Crippen molar-refractivity contribution in [3.63, 3.8) is 0 Å². The summed E-state index contributed by atoms with van der Waals surface area (Å²) in [6, 6.07) is 3.05. The lowest BCUT2D eigenvalue weighted by Gasteiger charge is -2.08. The second-order valence-corrected chi connectivity index (χ2v) is 3.55. The minimum Gasteiger partial charge on any atom is -0.385 e. The topological polar surface area (TPSA) is 65.1 Å². The van der Waals surface area contributed by atoms with Crippen molar-refractivity contribution in [2.75, 3.05) is 0 Å². The molecule has 1 atom stereocenters. The van der Waals surface area contributed by atoms with Gasteiger partial charge in [-0.25, -0.2) is 0 Å². The van der Waals surface area contributed by atoms with Crippen molar-refractivity contribution in [1.82, 2.24) is 10.3 Å². The average Bonchev–Trinajstić information content (AvgIpc) is 2.17. The Labute approximate surface area is 94.3 Å². The molecule has 86 valence electrons. The summed E-state index contributed by atoms with van der Waals surface area (Å²) in [4.78, 5) is 13.3. The zero-order valence-electron chi connectivity index (χ0n) is 9.40. The minimum atomic E-state index is -0.392. The first-order chi connectivity index (χ1) is 7.58. The van der Waals surface area contributed by atoms with Crippen LogP contribution in [0.4, 0.5) is 0 Å². The third-order valence-corrected chi connectivity index (χ3v) is 1.94. The molecule has 1 unspecified atom stereocenters. The standard InChI is InChI=1S/C6H9NO.C6H7NO/c2*1-5-4-6(8)2-3-7-5/h2-4,6-8H,1H3;2-4H,1H3,(H,7,8). The number of aliphatic hydroxyl groups is 1. The van der Waals surface area contributed by atoms with Crippen molar-refractivity contribution in [1.29, 1.82) is 0 Å². The number of hydrogen-bond donors (Lipinski definition) is 3. The van der Waals surface area contributed by atoms with Gasteiger partial charge in [0.15, 0.2) is 5.43 Å². The van der Waals surface area contributed by atoms with Crippen LogP contribution in [0.25, 0.3) is 0 Å². The lowest BCUT2D eigenvalue weighted by Crippen LogP contribution is -2.12.